The molecule has 0 N–H and O–H groups in total. The standard InChI is InChI=1S/C38H58S2/c1-8-13-19-32(27-39)21-14-18-29(6)25-38(36(17-10-3)33(11-4)12-5)35-22-15-20-31-23-24-34(16-9-2)37(26-31)30(7)40-28-35/h8-9,13,20,27,34-35,39H,2,10-12,14-19,21-24,26,28H2,1,3-7H3/b13-8-,31-20?,32-27-,37-30+. The zero-order chi connectivity index (χ0) is 29.3. The second-order valence-corrected chi connectivity index (χ2v) is 13.2. The first kappa shape index (κ1) is 34.9. The lowest BCUT2D eigenvalue weighted by Crippen LogP contribution is -2.16. The Hall–Kier alpha value is -1.34. The van der Waals surface area contributed by atoms with Crippen LogP contribution in [0.5, 0.6) is 0 Å². The van der Waals surface area contributed by atoms with E-state index in [0.29, 0.717) is 11.8 Å². The number of hydrogen-bond acceptors (Lipinski definition) is 2. The predicted octanol–water partition coefficient (Wildman–Crippen LogP) is 13.0. The fourth-order valence-corrected chi connectivity index (χ4v) is 7.83. The summed E-state index contributed by atoms with van der Waals surface area (Å²) in [6, 6.07) is 0. The number of hydrogen-bond donors (Lipinski definition) is 1. The van der Waals surface area contributed by atoms with Crippen molar-refractivity contribution in [3.05, 3.63) is 85.9 Å². The molecule has 1 aliphatic carbocycles. The van der Waals surface area contributed by atoms with Crippen LogP contribution in [0.25, 0.3) is 0 Å². The lowest BCUT2D eigenvalue weighted by atomic mass is 9.78. The first-order valence-corrected chi connectivity index (χ1v) is 17.6. The SMILES string of the molecule is C=CCC1CCC2=CCCC(C(=C=C(C)CCC/C(=C\S)C/C=C\C)C(CCC)=C(CC)CC)CS/C(C)=C/1C2. The molecule has 0 radical (unpaired) electrons. The van der Waals surface area contributed by atoms with Crippen molar-refractivity contribution >= 4 is 24.4 Å². The molecule has 0 saturated heterocycles. The first-order chi connectivity index (χ1) is 19.4. The summed E-state index contributed by atoms with van der Waals surface area (Å²) in [6.45, 7) is 17.9. The molecule has 0 aromatic heterocycles. The average molecular weight is 579 g/mol. The van der Waals surface area contributed by atoms with Crippen molar-refractivity contribution in [2.24, 2.45) is 11.8 Å². The second kappa shape index (κ2) is 19.7. The zero-order valence-corrected chi connectivity index (χ0v) is 28.4. The molecule has 1 fully saturated rings. The van der Waals surface area contributed by atoms with Gasteiger partial charge in [0.25, 0.3) is 0 Å². The maximum Gasteiger partial charge on any atom is 0.00519 e. The molecule has 0 spiro atoms. The van der Waals surface area contributed by atoms with Crippen LogP contribution in [-0.4, -0.2) is 5.75 Å². The largest absolute Gasteiger partial charge is 0.151 e. The number of rotatable bonds is 14. The Balaban J connectivity index is 2.48. The maximum atomic E-state index is 4.47. The van der Waals surface area contributed by atoms with E-state index < -0.39 is 0 Å². The highest BCUT2D eigenvalue weighted by molar-refractivity contribution is 8.03. The monoisotopic (exact) mass is 578 g/mol. The van der Waals surface area contributed by atoms with Gasteiger partial charge in [-0.3, -0.25) is 0 Å². The number of fused-ring (bicyclic) bond motifs is 2. The molecule has 2 rings (SSSR count). The Morgan fingerprint density at radius 1 is 1.15 bits per heavy atom. The highest BCUT2D eigenvalue weighted by Crippen LogP contribution is 2.43. The van der Waals surface area contributed by atoms with Gasteiger partial charge in [-0.25, -0.2) is 0 Å². The molecule has 2 atom stereocenters. The summed E-state index contributed by atoms with van der Waals surface area (Å²) in [5.74, 6) is 2.39. The summed E-state index contributed by atoms with van der Waals surface area (Å²) < 4.78 is 0. The van der Waals surface area contributed by atoms with Gasteiger partial charge in [-0.2, -0.15) is 12.6 Å². The molecule has 222 valence electrons. The molecule has 2 aliphatic rings. The molecule has 40 heavy (non-hydrogen) atoms. The van der Waals surface area contributed by atoms with Gasteiger partial charge in [-0.05, 0) is 132 Å². The smallest absolute Gasteiger partial charge is 0.00519 e. The number of allylic oxidation sites excluding steroid dienone is 11. The molecular formula is C38H58S2. The second-order valence-electron chi connectivity index (χ2n) is 11.7. The summed E-state index contributed by atoms with van der Waals surface area (Å²) in [5.41, 5.74) is 15.1. The Morgan fingerprint density at radius 2 is 1.93 bits per heavy atom. The van der Waals surface area contributed by atoms with E-state index in [0.717, 1.165) is 38.5 Å². The highest BCUT2D eigenvalue weighted by atomic mass is 32.2. The molecule has 2 bridgehead atoms. The molecule has 0 aromatic rings. The van der Waals surface area contributed by atoms with Gasteiger partial charge >= 0.3 is 0 Å². The average Bonchev–Trinajstić information content (AvgIpc) is 2.96. The molecule has 1 heterocycles. The van der Waals surface area contributed by atoms with E-state index in [2.05, 4.69) is 103 Å². The van der Waals surface area contributed by atoms with Crippen molar-refractivity contribution in [2.45, 2.75) is 131 Å². The van der Waals surface area contributed by atoms with Gasteiger partial charge < -0.3 is 0 Å². The highest BCUT2D eigenvalue weighted by Gasteiger charge is 2.26. The van der Waals surface area contributed by atoms with Crippen molar-refractivity contribution in [1.82, 2.24) is 0 Å². The van der Waals surface area contributed by atoms with E-state index >= 15 is 0 Å². The van der Waals surface area contributed by atoms with Crippen molar-refractivity contribution in [2.75, 3.05) is 5.75 Å². The van der Waals surface area contributed by atoms with Gasteiger partial charge in [0.15, 0.2) is 0 Å². The zero-order valence-electron chi connectivity index (χ0n) is 26.7. The van der Waals surface area contributed by atoms with E-state index in [1.165, 1.54) is 73.8 Å². The summed E-state index contributed by atoms with van der Waals surface area (Å²) in [4.78, 5) is 1.57. The van der Waals surface area contributed by atoms with E-state index in [1.807, 2.05) is 5.41 Å². The van der Waals surface area contributed by atoms with Gasteiger partial charge in [0.05, 0.1) is 0 Å². The Bertz CT molecular complexity index is 1030. The van der Waals surface area contributed by atoms with Crippen molar-refractivity contribution in [3.8, 4) is 0 Å². The van der Waals surface area contributed by atoms with Crippen LogP contribution in [-0.2, 0) is 0 Å². The van der Waals surface area contributed by atoms with Crippen LogP contribution in [0.15, 0.2) is 85.9 Å². The number of thioether (sulfide) groups is 1. The molecule has 2 unspecified atom stereocenters. The van der Waals surface area contributed by atoms with Crippen molar-refractivity contribution in [3.63, 3.8) is 0 Å². The Kier molecular flexibility index (Phi) is 17.2. The molecular weight excluding hydrogens is 521 g/mol. The van der Waals surface area contributed by atoms with Gasteiger partial charge in [-0.1, -0.05) is 73.8 Å². The minimum absolute atomic E-state index is 0.543. The Morgan fingerprint density at radius 3 is 2.58 bits per heavy atom. The van der Waals surface area contributed by atoms with Crippen LogP contribution >= 0.6 is 24.4 Å². The summed E-state index contributed by atoms with van der Waals surface area (Å²) in [6.07, 6.45) is 25.5. The Labute approximate surface area is 258 Å². The molecule has 2 heteroatoms. The fourth-order valence-electron chi connectivity index (χ4n) is 6.39. The lowest BCUT2D eigenvalue weighted by Gasteiger charge is -2.31. The molecule has 1 saturated carbocycles. The first-order valence-electron chi connectivity index (χ1n) is 16.1. The quantitative estimate of drug-likeness (QED) is 0.0925. The van der Waals surface area contributed by atoms with Crippen LogP contribution in [0, 0.1) is 11.8 Å². The van der Waals surface area contributed by atoms with Gasteiger partial charge in [0, 0.05) is 17.2 Å². The van der Waals surface area contributed by atoms with Gasteiger partial charge in [-0.15, -0.1) is 24.1 Å². The van der Waals surface area contributed by atoms with Crippen LogP contribution in [0.3, 0.4) is 0 Å². The van der Waals surface area contributed by atoms with Crippen molar-refractivity contribution < 1.29 is 0 Å². The summed E-state index contributed by atoms with van der Waals surface area (Å²) in [7, 11) is 0. The van der Waals surface area contributed by atoms with E-state index in [-0.39, 0.29) is 0 Å². The lowest BCUT2D eigenvalue weighted by molar-refractivity contribution is 0.509. The van der Waals surface area contributed by atoms with Crippen LogP contribution in [0.1, 0.15) is 131 Å². The number of thiol groups is 1. The molecule has 1 aliphatic heterocycles. The minimum Gasteiger partial charge on any atom is -0.151 e. The third-order valence-electron chi connectivity index (χ3n) is 8.79. The summed E-state index contributed by atoms with van der Waals surface area (Å²) >= 11 is 6.61. The van der Waals surface area contributed by atoms with E-state index in [9.17, 15) is 0 Å². The van der Waals surface area contributed by atoms with Crippen LogP contribution in [0.2, 0.25) is 0 Å². The molecule has 0 nitrogen and oxygen atoms in total. The van der Waals surface area contributed by atoms with Gasteiger partial charge in [0.2, 0.25) is 0 Å². The third kappa shape index (κ3) is 11.2. The van der Waals surface area contributed by atoms with Gasteiger partial charge in [0.1, 0.15) is 0 Å². The topological polar surface area (TPSA) is 0 Å². The molecule has 0 aromatic carbocycles. The third-order valence-corrected chi connectivity index (χ3v) is 10.4. The normalized spacial score (nSPS) is 22.0. The van der Waals surface area contributed by atoms with Crippen LogP contribution < -0.4 is 0 Å². The van der Waals surface area contributed by atoms with Crippen LogP contribution in [0.4, 0.5) is 0 Å². The summed E-state index contributed by atoms with van der Waals surface area (Å²) in [5, 5.41) is 2.01. The molecule has 0 amide bonds. The van der Waals surface area contributed by atoms with E-state index in [4.69, 9.17) is 0 Å². The fraction of sp³-hybridized carbons (Fsp3) is 0.605. The van der Waals surface area contributed by atoms with Crippen molar-refractivity contribution in [1.29, 1.82) is 0 Å². The maximum absolute atomic E-state index is 4.47. The minimum atomic E-state index is 0.543. The predicted molar refractivity (Wildman–Crippen MR) is 187 cm³/mol. The van der Waals surface area contributed by atoms with E-state index in [1.54, 1.807) is 27.2 Å².